The molecule has 1 heterocycles. The van der Waals surface area contributed by atoms with Gasteiger partial charge in [-0.25, -0.2) is 0 Å². The molecule has 0 spiro atoms. The van der Waals surface area contributed by atoms with Crippen LogP contribution in [-0.2, 0) is 4.74 Å². The van der Waals surface area contributed by atoms with Gasteiger partial charge in [-0.1, -0.05) is 26.0 Å². The molecule has 0 radical (unpaired) electrons. The Bertz CT molecular complexity index is 361. The van der Waals surface area contributed by atoms with Gasteiger partial charge >= 0.3 is 0 Å². The summed E-state index contributed by atoms with van der Waals surface area (Å²) in [4.78, 5) is 0. The predicted molar refractivity (Wildman–Crippen MR) is 72.9 cm³/mol. The molecular formula is C15H23NO2. The summed E-state index contributed by atoms with van der Waals surface area (Å²) in [7, 11) is 1.69. The molecular weight excluding hydrogens is 226 g/mol. The quantitative estimate of drug-likeness (QED) is 0.870. The maximum atomic E-state index is 5.88. The fourth-order valence-corrected chi connectivity index (χ4v) is 2.39. The van der Waals surface area contributed by atoms with Gasteiger partial charge in [0.2, 0.25) is 0 Å². The average molecular weight is 249 g/mol. The van der Waals surface area contributed by atoms with Crippen LogP contribution in [0.4, 0.5) is 0 Å². The second-order valence-corrected chi connectivity index (χ2v) is 5.18. The highest BCUT2D eigenvalue weighted by atomic mass is 16.5. The van der Waals surface area contributed by atoms with Crippen LogP contribution < -0.4 is 10.1 Å². The topological polar surface area (TPSA) is 30.5 Å². The van der Waals surface area contributed by atoms with E-state index < -0.39 is 0 Å². The van der Waals surface area contributed by atoms with E-state index in [4.69, 9.17) is 9.47 Å². The van der Waals surface area contributed by atoms with E-state index in [2.05, 4.69) is 31.3 Å². The largest absolute Gasteiger partial charge is 0.497 e. The van der Waals surface area contributed by atoms with E-state index in [1.807, 2.05) is 12.1 Å². The van der Waals surface area contributed by atoms with Crippen LogP contribution in [0.15, 0.2) is 24.3 Å². The minimum Gasteiger partial charge on any atom is -0.497 e. The zero-order chi connectivity index (χ0) is 13.0. The Balaban J connectivity index is 2.01. The molecule has 1 fully saturated rings. The van der Waals surface area contributed by atoms with Gasteiger partial charge in [-0.2, -0.15) is 0 Å². The lowest BCUT2D eigenvalue weighted by molar-refractivity contribution is 0.0900. The van der Waals surface area contributed by atoms with Crippen molar-refractivity contribution in [3.05, 3.63) is 29.8 Å². The van der Waals surface area contributed by atoms with Gasteiger partial charge in [0.15, 0.2) is 0 Å². The molecule has 100 valence electrons. The number of hydrogen-bond donors (Lipinski definition) is 1. The second-order valence-electron chi connectivity index (χ2n) is 5.18. The highest BCUT2D eigenvalue weighted by Gasteiger charge is 2.29. The Hall–Kier alpha value is -1.06. The Morgan fingerprint density at radius 1 is 1.33 bits per heavy atom. The normalized spacial score (nSPS) is 23.6. The maximum absolute atomic E-state index is 5.88. The highest BCUT2D eigenvalue weighted by molar-refractivity contribution is 5.29. The molecule has 0 bridgehead atoms. The van der Waals surface area contributed by atoms with Gasteiger partial charge in [-0.05, 0) is 24.1 Å². The van der Waals surface area contributed by atoms with Crippen molar-refractivity contribution in [3.63, 3.8) is 0 Å². The van der Waals surface area contributed by atoms with Crippen LogP contribution in [0.3, 0.4) is 0 Å². The zero-order valence-electron chi connectivity index (χ0n) is 11.5. The summed E-state index contributed by atoms with van der Waals surface area (Å²) in [5.74, 6) is 1.47. The van der Waals surface area contributed by atoms with Crippen molar-refractivity contribution in [2.45, 2.75) is 32.4 Å². The van der Waals surface area contributed by atoms with Crippen LogP contribution >= 0.6 is 0 Å². The summed E-state index contributed by atoms with van der Waals surface area (Å²) >= 11 is 0. The summed E-state index contributed by atoms with van der Waals surface area (Å²) < 4.78 is 11.1. The van der Waals surface area contributed by atoms with E-state index in [9.17, 15) is 0 Å². The lowest BCUT2D eigenvalue weighted by Crippen LogP contribution is -2.30. The van der Waals surface area contributed by atoms with Crippen molar-refractivity contribution in [1.82, 2.24) is 5.32 Å². The first kappa shape index (κ1) is 13.4. The SMILES string of the molecule is COc1ccc(C2OCCC2CNC(C)C)cc1. The van der Waals surface area contributed by atoms with Gasteiger partial charge in [-0.3, -0.25) is 0 Å². The number of ether oxygens (including phenoxy) is 2. The molecule has 18 heavy (non-hydrogen) atoms. The average Bonchev–Trinajstić information content (AvgIpc) is 2.85. The molecule has 0 aromatic heterocycles. The summed E-state index contributed by atoms with van der Waals surface area (Å²) in [6.45, 7) is 6.24. The van der Waals surface area contributed by atoms with E-state index in [-0.39, 0.29) is 6.10 Å². The Morgan fingerprint density at radius 2 is 2.06 bits per heavy atom. The first-order valence-corrected chi connectivity index (χ1v) is 6.69. The van der Waals surface area contributed by atoms with Crippen molar-refractivity contribution in [1.29, 1.82) is 0 Å². The van der Waals surface area contributed by atoms with E-state index in [0.29, 0.717) is 12.0 Å². The number of benzene rings is 1. The minimum absolute atomic E-state index is 0.224. The van der Waals surface area contributed by atoms with Crippen molar-refractivity contribution < 1.29 is 9.47 Å². The third-order valence-corrected chi connectivity index (χ3v) is 3.45. The standard InChI is InChI=1S/C15H23NO2/c1-11(2)16-10-13-8-9-18-15(13)12-4-6-14(17-3)7-5-12/h4-7,11,13,15-16H,8-10H2,1-3H3. The Kier molecular flexibility index (Phi) is 4.61. The number of methoxy groups -OCH3 is 1. The molecule has 2 atom stereocenters. The van der Waals surface area contributed by atoms with Crippen LogP contribution in [0.25, 0.3) is 0 Å². The monoisotopic (exact) mass is 249 g/mol. The molecule has 1 aromatic carbocycles. The van der Waals surface area contributed by atoms with E-state index in [0.717, 1.165) is 25.3 Å². The number of rotatable bonds is 5. The van der Waals surface area contributed by atoms with E-state index in [1.165, 1.54) is 5.56 Å². The molecule has 2 unspecified atom stereocenters. The predicted octanol–water partition coefficient (Wildman–Crippen LogP) is 2.77. The van der Waals surface area contributed by atoms with Gasteiger partial charge < -0.3 is 14.8 Å². The Morgan fingerprint density at radius 3 is 2.67 bits per heavy atom. The van der Waals surface area contributed by atoms with E-state index >= 15 is 0 Å². The van der Waals surface area contributed by atoms with E-state index in [1.54, 1.807) is 7.11 Å². The third-order valence-electron chi connectivity index (χ3n) is 3.45. The van der Waals surface area contributed by atoms with Crippen LogP contribution in [0, 0.1) is 5.92 Å². The molecule has 1 aliphatic rings. The van der Waals surface area contributed by atoms with Crippen molar-refractivity contribution in [3.8, 4) is 5.75 Å². The first-order valence-electron chi connectivity index (χ1n) is 6.69. The van der Waals surface area contributed by atoms with Crippen LogP contribution in [0.1, 0.15) is 31.9 Å². The van der Waals surface area contributed by atoms with Gasteiger partial charge in [0, 0.05) is 25.1 Å². The smallest absolute Gasteiger partial charge is 0.118 e. The van der Waals surface area contributed by atoms with Crippen LogP contribution in [-0.4, -0.2) is 26.3 Å². The third kappa shape index (κ3) is 3.24. The summed E-state index contributed by atoms with van der Waals surface area (Å²) in [5.41, 5.74) is 1.25. The zero-order valence-corrected chi connectivity index (χ0v) is 11.5. The maximum Gasteiger partial charge on any atom is 0.118 e. The fraction of sp³-hybridized carbons (Fsp3) is 0.600. The molecule has 1 aliphatic heterocycles. The minimum atomic E-state index is 0.224. The molecule has 0 amide bonds. The van der Waals surface area contributed by atoms with Gasteiger partial charge in [-0.15, -0.1) is 0 Å². The van der Waals surface area contributed by atoms with Gasteiger partial charge in [0.05, 0.1) is 13.2 Å². The van der Waals surface area contributed by atoms with Crippen molar-refractivity contribution in [2.24, 2.45) is 5.92 Å². The van der Waals surface area contributed by atoms with Crippen LogP contribution in [0.5, 0.6) is 5.75 Å². The molecule has 0 saturated carbocycles. The van der Waals surface area contributed by atoms with Crippen LogP contribution in [0.2, 0.25) is 0 Å². The molecule has 3 nitrogen and oxygen atoms in total. The lowest BCUT2D eigenvalue weighted by atomic mass is 9.95. The van der Waals surface area contributed by atoms with Crippen molar-refractivity contribution >= 4 is 0 Å². The molecule has 1 N–H and O–H groups in total. The first-order chi connectivity index (χ1) is 8.70. The summed E-state index contributed by atoms with van der Waals surface area (Å²) in [6.07, 6.45) is 1.36. The Labute approximate surface area is 109 Å². The lowest BCUT2D eigenvalue weighted by Gasteiger charge is -2.20. The van der Waals surface area contributed by atoms with Crippen molar-refractivity contribution in [2.75, 3.05) is 20.3 Å². The summed E-state index contributed by atoms with van der Waals surface area (Å²) in [5, 5.41) is 3.51. The molecule has 3 heteroatoms. The number of nitrogens with one attached hydrogen (secondary N) is 1. The second kappa shape index (κ2) is 6.21. The highest BCUT2D eigenvalue weighted by Crippen LogP contribution is 2.34. The fourth-order valence-electron chi connectivity index (χ4n) is 2.39. The molecule has 0 aliphatic carbocycles. The molecule has 1 aromatic rings. The van der Waals surface area contributed by atoms with Gasteiger partial charge in [0.25, 0.3) is 0 Å². The molecule has 1 saturated heterocycles. The van der Waals surface area contributed by atoms with Gasteiger partial charge in [0.1, 0.15) is 5.75 Å². The number of hydrogen-bond acceptors (Lipinski definition) is 3. The molecule has 2 rings (SSSR count). The summed E-state index contributed by atoms with van der Waals surface area (Å²) in [6, 6.07) is 8.75.